The molecule has 1 unspecified atom stereocenters. The molecule has 1 saturated heterocycles. The molecular formula is C19H24N4O5S. The van der Waals surface area contributed by atoms with E-state index in [-0.39, 0.29) is 0 Å². The first-order valence-electron chi connectivity index (χ1n) is 9.56. The number of nitrogens with zero attached hydrogens (tertiary/aromatic N) is 3. The minimum absolute atomic E-state index is 0.437. The summed E-state index contributed by atoms with van der Waals surface area (Å²) >= 11 is 1.46. The van der Waals surface area contributed by atoms with E-state index in [0.717, 1.165) is 33.9 Å². The lowest BCUT2D eigenvalue weighted by molar-refractivity contribution is -0.0552. The molecule has 9 nitrogen and oxygen atoms in total. The Hall–Kier alpha value is -2.11. The summed E-state index contributed by atoms with van der Waals surface area (Å²) in [6.07, 6.45) is -3.13. The number of nitrogens with one attached hydrogen (secondary N) is 1. The lowest BCUT2D eigenvalue weighted by Gasteiger charge is -2.26. The third-order valence-electron chi connectivity index (χ3n) is 5.27. The van der Waals surface area contributed by atoms with Gasteiger partial charge in [0, 0.05) is 29.9 Å². The Morgan fingerprint density at radius 3 is 2.66 bits per heavy atom. The van der Waals surface area contributed by atoms with E-state index in [4.69, 9.17) is 4.74 Å². The van der Waals surface area contributed by atoms with Crippen LogP contribution in [0.2, 0.25) is 0 Å². The molecule has 2 aliphatic heterocycles. The Bertz CT molecular complexity index is 964. The van der Waals surface area contributed by atoms with Crippen molar-refractivity contribution in [3.05, 3.63) is 34.9 Å². The third-order valence-corrected chi connectivity index (χ3v) is 6.37. The fraction of sp³-hybridized carbons (Fsp3) is 0.474. The van der Waals surface area contributed by atoms with Crippen molar-refractivity contribution in [2.45, 2.75) is 48.2 Å². The molecule has 3 heterocycles. The SMILES string of the molecule is CCN(CC)c1ccc2c(c1)Nc1nc(=O)n([C@@H]3O[C@H](CO)[C@H](O)C3O)cc1S2. The summed E-state index contributed by atoms with van der Waals surface area (Å²) in [6.45, 7) is 5.53. The minimum atomic E-state index is -1.34. The van der Waals surface area contributed by atoms with E-state index in [9.17, 15) is 20.1 Å². The summed E-state index contributed by atoms with van der Waals surface area (Å²) in [7, 11) is 0. The summed E-state index contributed by atoms with van der Waals surface area (Å²) in [6, 6.07) is 6.12. The smallest absolute Gasteiger partial charge is 0.351 e. The van der Waals surface area contributed by atoms with E-state index in [0.29, 0.717) is 10.7 Å². The highest BCUT2D eigenvalue weighted by Crippen LogP contribution is 2.44. The second-order valence-corrected chi connectivity index (χ2v) is 8.04. The molecule has 2 aliphatic rings. The zero-order chi connectivity index (χ0) is 20.7. The second kappa shape index (κ2) is 7.96. The van der Waals surface area contributed by atoms with Gasteiger partial charge in [-0.05, 0) is 32.0 Å². The fourth-order valence-corrected chi connectivity index (χ4v) is 4.60. The molecule has 0 radical (unpaired) electrons. The number of ether oxygens (including phenoxy) is 1. The van der Waals surface area contributed by atoms with Crippen LogP contribution in [0.3, 0.4) is 0 Å². The number of rotatable bonds is 5. The molecular weight excluding hydrogens is 396 g/mol. The van der Waals surface area contributed by atoms with Crippen LogP contribution in [-0.2, 0) is 4.74 Å². The molecule has 1 aromatic heterocycles. The molecule has 10 heteroatoms. The van der Waals surface area contributed by atoms with Gasteiger partial charge in [0.1, 0.15) is 18.3 Å². The van der Waals surface area contributed by atoms with E-state index in [1.165, 1.54) is 11.8 Å². The van der Waals surface area contributed by atoms with Gasteiger partial charge in [-0.3, -0.25) is 4.57 Å². The van der Waals surface area contributed by atoms with Crippen LogP contribution >= 0.6 is 11.8 Å². The van der Waals surface area contributed by atoms with Gasteiger partial charge >= 0.3 is 5.69 Å². The standard InChI is InChI=1S/C19H24N4O5S/c1-3-22(4-2)10-5-6-13-11(7-10)20-17-14(29-13)8-23(19(27)21-17)18-16(26)15(25)12(9-24)28-18/h5-8,12,15-16,18,24-26H,3-4,9H2,1-2H3,(H,20,21,27)/t12-,15+,16?,18-/m1/s1. The average Bonchev–Trinajstić information content (AvgIpc) is 3.01. The molecule has 1 fully saturated rings. The zero-order valence-electron chi connectivity index (χ0n) is 16.1. The van der Waals surface area contributed by atoms with E-state index in [1.54, 1.807) is 6.20 Å². The third kappa shape index (κ3) is 3.51. The highest BCUT2D eigenvalue weighted by Gasteiger charge is 2.44. The van der Waals surface area contributed by atoms with Gasteiger partial charge in [-0.25, -0.2) is 4.79 Å². The summed E-state index contributed by atoms with van der Waals surface area (Å²) < 4.78 is 6.63. The minimum Gasteiger partial charge on any atom is -0.394 e. The highest BCUT2D eigenvalue weighted by molar-refractivity contribution is 7.99. The van der Waals surface area contributed by atoms with Gasteiger partial charge in [0.15, 0.2) is 12.0 Å². The van der Waals surface area contributed by atoms with Crippen molar-refractivity contribution < 1.29 is 20.1 Å². The molecule has 4 N–H and O–H groups in total. The van der Waals surface area contributed by atoms with E-state index >= 15 is 0 Å². The van der Waals surface area contributed by atoms with Crippen LogP contribution in [0.25, 0.3) is 0 Å². The molecule has 1 aromatic carbocycles. The largest absolute Gasteiger partial charge is 0.394 e. The van der Waals surface area contributed by atoms with Gasteiger partial charge in [-0.2, -0.15) is 4.98 Å². The quantitative estimate of drug-likeness (QED) is 0.477. The highest BCUT2D eigenvalue weighted by atomic mass is 32.2. The molecule has 4 rings (SSSR count). The van der Waals surface area contributed by atoms with E-state index in [2.05, 4.69) is 35.1 Å². The Kier molecular flexibility index (Phi) is 5.54. The van der Waals surface area contributed by atoms with Gasteiger partial charge in [0.2, 0.25) is 0 Å². The summed E-state index contributed by atoms with van der Waals surface area (Å²) in [4.78, 5) is 20.6. The molecule has 0 saturated carbocycles. The maximum atomic E-state index is 12.6. The molecule has 0 aliphatic carbocycles. The van der Waals surface area contributed by atoms with Gasteiger partial charge in [0.05, 0.1) is 17.2 Å². The van der Waals surface area contributed by atoms with Crippen molar-refractivity contribution in [2.24, 2.45) is 0 Å². The average molecular weight is 420 g/mol. The number of aliphatic hydroxyl groups is 3. The topological polar surface area (TPSA) is 120 Å². The fourth-order valence-electron chi connectivity index (χ4n) is 3.64. The predicted octanol–water partition coefficient (Wildman–Crippen LogP) is 0.909. The molecule has 0 amide bonds. The molecule has 0 bridgehead atoms. The van der Waals surface area contributed by atoms with Crippen LogP contribution in [0.4, 0.5) is 17.2 Å². The first kappa shape index (κ1) is 20.2. The van der Waals surface area contributed by atoms with Crippen LogP contribution in [-0.4, -0.2) is 62.9 Å². The molecule has 0 spiro atoms. The summed E-state index contributed by atoms with van der Waals surface area (Å²) in [5, 5.41) is 32.7. The van der Waals surface area contributed by atoms with Gasteiger partial charge in [-0.15, -0.1) is 0 Å². The molecule has 2 aromatic rings. The lowest BCUT2D eigenvalue weighted by Crippen LogP contribution is -2.36. The lowest BCUT2D eigenvalue weighted by atomic mass is 10.1. The summed E-state index contributed by atoms with van der Waals surface area (Å²) in [5.41, 5.74) is 1.35. The van der Waals surface area contributed by atoms with Crippen LogP contribution in [0.15, 0.2) is 39.0 Å². The normalized spacial score (nSPS) is 25.3. The number of hydrogen-bond donors (Lipinski definition) is 4. The number of aromatic nitrogens is 2. The van der Waals surface area contributed by atoms with Gasteiger partial charge in [-0.1, -0.05) is 11.8 Å². The summed E-state index contributed by atoms with van der Waals surface area (Å²) in [5.74, 6) is 0.437. The maximum absolute atomic E-state index is 12.6. The van der Waals surface area contributed by atoms with E-state index in [1.807, 2.05) is 12.1 Å². The maximum Gasteiger partial charge on any atom is 0.351 e. The van der Waals surface area contributed by atoms with Crippen molar-refractivity contribution in [1.29, 1.82) is 0 Å². The van der Waals surface area contributed by atoms with Crippen LogP contribution in [0, 0.1) is 0 Å². The number of hydrogen-bond acceptors (Lipinski definition) is 9. The number of aliphatic hydroxyl groups excluding tert-OH is 3. The Balaban J connectivity index is 1.65. The Morgan fingerprint density at radius 1 is 1.24 bits per heavy atom. The van der Waals surface area contributed by atoms with Crippen LogP contribution in [0.1, 0.15) is 20.1 Å². The number of anilines is 3. The Morgan fingerprint density at radius 2 is 2.00 bits per heavy atom. The van der Waals surface area contributed by atoms with Gasteiger partial charge < -0.3 is 30.3 Å². The first-order valence-corrected chi connectivity index (χ1v) is 10.4. The first-order chi connectivity index (χ1) is 14.0. The zero-order valence-corrected chi connectivity index (χ0v) is 17.0. The van der Waals surface area contributed by atoms with E-state index < -0.39 is 36.8 Å². The van der Waals surface area contributed by atoms with Crippen molar-refractivity contribution in [2.75, 3.05) is 29.9 Å². The van der Waals surface area contributed by atoms with Gasteiger partial charge in [0.25, 0.3) is 0 Å². The van der Waals surface area contributed by atoms with Crippen molar-refractivity contribution in [3.8, 4) is 0 Å². The molecule has 156 valence electrons. The Labute approximate surface area is 172 Å². The monoisotopic (exact) mass is 420 g/mol. The predicted molar refractivity (Wildman–Crippen MR) is 109 cm³/mol. The second-order valence-electron chi connectivity index (χ2n) is 6.95. The molecule has 4 atom stereocenters. The van der Waals surface area contributed by atoms with Crippen LogP contribution in [0.5, 0.6) is 0 Å². The number of benzene rings is 1. The van der Waals surface area contributed by atoms with Crippen molar-refractivity contribution in [3.63, 3.8) is 0 Å². The van der Waals surface area contributed by atoms with Crippen LogP contribution < -0.4 is 15.9 Å². The van der Waals surface area contributed by atoms with Crippen molar-refractivity contribution >= 4 is 29.0 Å². The molecule has 29 heavy (non-hydrogen) atoms. The van der Waals surface area contributed by atoms with Crippen molar-refractivity contribution in [1.82, 2.24) is 9.55 Å². The number of fused-ring (bicyclic) bond motifs is 2.